The van der Waals surface area contributed by atoms with Crippen LogP contribution in [0.4, 0.5) is 10.6 Å². The highest BCUT2D eigenvalue weighted by atomic mass is 16.2. The molecule has 1 fully saturated rings. The zero-order valence-corrected chi connectivity index (χ0v) is 6.65. The van der Waals surface area contributed by atoms with E-state index in [2.05, 4.69) is 20.7 Å². The summed E-state index contributed by atoms with van der Waals surface area (Å²) in [6, 6.07) is -0.454. The molecule has 0 aliphatic carbocycles. The molecule has 0 unspecified atom stereocenters. The predicted octanol–water partition coefficient (Wildman–Crippen LogP) is -0.749. The van der Waals surface area contributed by atoms with Crippen LogP contribution in [-0.2, 0) is 4.79 Å². The van der Waals surface area contributed by atoms with E-state index < -0.39 is 6.03 Å². The maximum Gasteiger partial charge on any atom is 0.329 e. The second-order valence-corrected chi connectivity index (χ2v) is 2.58. The van der Waals surface area contributed by atoms with Crippen molar-refractivity contribution in [3.8, 4) is 0 Å². The molecule has 1 saturated heterocycles. The number of hydrogen-bond donors (Lipinski definition) is 2. The number of anilines is 1. The van der Waals surface area contributed by atoms with Crippen molar-refractivity contribution in [1.29, 1.82) is 0 Å². The third-order valence-corrected chi connectivity index (χ3v) is 1.73. The van der Waals surface area contributed by atoms with Crippen molar-refractivity contribution in [2.45, 2.75) is 6.42 Å². The molecule has 2 heterocycles. The third kappa shape index (κ3) is 1.35. The molecule has 7 heteroatoms. The molecule has 0 saturated carbocycles. The molecule has 1 aliphatic rings. The lowest BCUT2D eigenvalue weighted by atomic mass is 10.3. The van der Waals surface area contributed by atoms with Crippen molar-refractivity contribution in [1.82, 2.24) is 20.7 Å². The van der Waals surface area contributed by atoms with Crippen LogP contribution in [0.5, 0.6) is 0 Å². The van der Waals surface area contributed by atoms with Crippen LogP contribution in [0, 0.1) is 0 Å². The minimum absolute atomic E-state index is 0.259. The van der Waals surface area contributed by atoms with E-state index in [1.54, 1.807) is 0 Å². The van der Waals surface area contributed by atoms with Gasteiger partial charge in [-0.2, -0.15) is 10.3 Å². The van der Waals surface area contributed by atoms with E-state index >= 15 is 0 Å². The number of nitrogens with zero attached hydrogens (tertiary/aromatic N) is 3. The molecule has 7 nitrogen and oxygen atoms in total. The monoisotopic (exact) mass is 181 g/mol. The van der Waals surface area contributed by atoms with E-state index in [0.717, 1.165) is 0 Å². The van der Waals surface area contributed by atoms with Gasteiger partial charge in [-0.05, 0) is 0 Å². The lowest BCUT2D eigenvalue weighted by Crippen LogP contribution is -2.49. The Morgan fingerprint density at radius 1 is 1.46 bits per heavy atom. The number of aromatic amines is 1. The van der Waals surface area contributed by atoms with Crippen LogP contribution in [0.1, 0.15) is 6.42 Å². The lowest BCUT2D eigenvalue weighted by Gasteiger charge is -2.23. The molecular formula is C6H7N5O2. The number of hydrogen-bond acceptors (Lipinski definition) is 4. The summed E-state index contributed by atoms with van der Waals surface area (Å²) in [7, 11) is 0. The van der Waals surface area contributed by atoms with Gasteiger partial charge in [0, 0.05) is 13.0 Å². The fraction of sp³-hybridized carbons (Fsp3) is 0.333. The van der Waals surface area contributed by atoms with E-state index in [-0.39, 0.29) is 5.91 Å². The first-order chi connectivity index (χ1) is 6.27. The molecule has 0 atom stereocenters. The first-order valence-corrected chi connectivity index (χ1v) is 3.74. The Morgan fingerprint density at radius 2 is 2.31 bits per heavy atom. The van der Waals surface area contributed by atoms with Crippen LogP contribution in [-0.4, -0.2) is 33.9 Å². The normalized spacial score (nSPS) is 17.4. The van der Waals surface area contributed by atoms with Gasteiger partial charge in [-0.25, -0.2) is 4.79 Å². The number of imide groups is 1. The van der Waals surface area contributed by atoms with E-state index in [4.69, 9.17) is 0 Å². The van der Waals surface area contributed by atoms with E-state index in [9.17, 15) is 9.59 Å². The number of amides is 3. The number of urea groups is 1. The molecule has 2 N–H and O–H groups in total. The number of H-pyrrole nitrogens is 1. The Morgan fingerprint density at radius 3 is 2.92 bits per heavy atom. The quantitative estimate of drug-likeness (QED) is 0.596. The van der Waals surface area contributed by atoms with Gasteiger partial charge in [0.1, 0.15) is 0 Å². The van der Waals surface area contributed by atoms with Gasteiger partial charge in [-0.15, -0.1) is 5.10 Å². The summed E-state index contributed by atoms with van der Waals surface area (Å²) in [4.78, 5) is 23.4. The summed E-state index contributed by atoms with van der Waals surface area (Å²) < 4.78 is 0. The molecule has 1 aliphatic heterocycles. The van der Waals surface area contributed by atoms with Crippen molar-refractivity contribution in [3.63, 3.8) is 0 Å². The Labute approximate surface area is 73.1 Å². The number of rotatable bonds is 1. The van der Waals surface area contributed by atoms with E-state index in [0.29, 0.717) is 18.8 Å². The van der Waals surface area contributed by atoms with Gasteiger partial charge < -0.3 is 0 Å². The molecule has 3 amide bonds. The molecule has 68 valence electrons. The SMILES string of the molecule is O=C1CCN(c2cn[nH]n2)C(=O)N1. The summed E-state index contributed by atoms with van der Waals surface area (Å²) in [5.41, 5.74) is 0. The second-order valence-electron chi connectivity index (χ2n) is 2.58. The number of carbonyl (C=O) groups is 2. The van der Waals surface area contributed by atoms with Crippen molar-refractivity contribution < 1.29 is 9.59 Å². The van der Waals surface area contributed by atoms with Gasteiger partial charge in [-0.3, -0.25) is 15.0 Å². The Balaban J connectivity index is 2.17. The van der Waals surface area contributed by atoms with Gasteiger partial charge in [0.15, 0.2) is 5.82 Å². The first kappa shape index (κ1) is 7.71. The average Bonchev–Trinajstić information content (AvgIpc) is 2.56. The number of aromatic nitrogens is 3. The topological polar surface area (TPSA) is 91.0 Å². The number of carbonyl (C=O) groups excluding carboxylic acids is 2. The minimum atomic E-state index is -0.454. The van der Waals surface area contributed by atoms with Crippen LogP contribution in [0.2, 0.25) is 0 Å². The maximum atomic E-state index is 11.2. The third-order valence-electron chi connectivity index (χ3n) is 1.73. The summed E-state index contributed by atoms with van der Waals surface area (Å²) >= 11 is 0. The fourth-order valence-electron chi connectivity index (χ4n) is 1.11. The van der Waals surface area contributed by atoms with Crippen LogP contribution in [0.3, 0.4) is 0 Å². The van der Waals surface area contributed by atoms with E-state index in [1.807, 2.05) is 0 Å². The highest BCUT2D eigenvalue weighted by Gasteiger charge is 2.25. The zero-order chi connectivity index (χ0) is 9.26. The van der Waals surface area contributed by atoms with Crippen LogP contribution >= 0.6 is 0 Å². The van der Waals surface area contributed by atoms with Crippen molar-refractivity contribution in [2.75, 3.05) is 11.4 Å². The van der Waals surface area contributed by atoms with Gasteiger partial charge in [-0.1, -0.05) is 0 Å². The van der Waals surface area contributed by atoms with Crippen LogP contribution in [0.15, 0.2) is 6.20 Å². The van der Waals surface area contributed by atoms with Crippen molar-refractivity contribution in [3.05, 3.63) is 6.20 Å². The van der Waals surface area contributed by atoms with Crippen LogP contribution < -0.4 is 10.2 Å². The van der Waals surface area contributed by atoms with Crippen molar-refractivity contribution in [2.24, 2.45) is 0 Å². The molecule has 2 rings (SSSR count). The Hall–Kier alpha value is -1.92. The lowest BCUT2D eigenvalue weighted by molar-refractivity contribution is -0.120. The van der Waals surface area contributed by atoms with Gasteiger partial charge in [0.25, 0.3) is 0 Å². The molecule has 0 radical (unpaired) electrons. The molecule has 13 heavy (non-hydrogen) atoms. The van der Waals surface area contributed by atoms with Crippen molar-refractivity contribution >= 4 is 17.8 Å². The van der Waals surface area contributed by atoms with Crippen LogP contribution in [0.25, 0.3) is 0 Å². The van der Waals surface area contributed by atoms with Gasteiger partial charge in [0.05, 0.1) is 6.20 Å². The summed E-state index contributed by atoms with van der Waals surface area (Å²) in [6.45, 7) is 0.344. The zero-order valence-electron chi connectivity index (χ0n) is 6.65. The fourth-order valence-corrected chi connectivity index (χ4v) is 1.11. The molecular weight excluding hydrogens is 174 g/mol. The molecule has 1 aromatic heterocycles. The Kier molecular flexibility index (Phi) is 1.69. The molecule has 0 bridgehead atoms. The smallest absolute Gasteiger partial charge is 0.278 e. The van der Waals surface area contributed by atoms with E-state index in [1.165, 1.54) is 11.1 Å². The second kappa shape index (κ2) is 2.85. The Bertz CT molecular complexity index is 333. The highest BCUT2D eigenvalue weighted by Crippen LogP contribution is 2.10. The largest absolute Gasteiger partial charge is 0.329 e. The summed E-state index contributed by atoms with van der Waals surface area (Å²) in [5, 5.41) is 11.9. The first-order valence-electron chi connectivity index (χ1n) is 3.74. The number of nitrogens with one attached hydrogen (secondary N) is 2. The van der Waals surface area contributed by atoms with Gasteiger partial charge in [0.2, 0.25) is 5.91 Å². The minimum Gasteiger partial charge on any atom is -0.278 e. The predicted molar refractivity (Wildman–Crippen MR) is 41.9 cm³/mol. The maximum absolute atomic E-state index is 11.2. The standard InChI is InChI=1S/C6H7N5O2/c12-5-1-2-11(6(13)8-5)4-3-7-10-9-4/h3H,1-2H2,(H,7,9,10)(H,8,12,13). The molecule has 0 spiro atoms. The average molecular weight is 181 g/mol. The summed E-state index contributed by atoms with van der Waals surface area (Å²) in [6.07, 6.45) is 1.72. The highest BCUT2D eigenvalue weighted by molar-refractivity contribution is 6.04. The van der Waals surface area contributed by atoms with Gasteiger partial charge >= 0.3 is 6.03 Å². The molecule has 1 aromatic rings. The summed E-state index contributed by atoms with van der Waals surface area (Å²) in [5.74, 6) is 0.162. The molecule has 0 aromatic carbocycles.